The van der Waals surface area contributed by atoms with Crippen molar-refractivity contribution in [2.24, 2.45) is 5.73 Å². The van der Waals surface area contributed by atoms with Crippen molar-refractivity contribution in [2.45, 2.75) is 59.3 Å². The molecule has 1 amide bonds. The third kappa shape index (κ3) is 3.56. The Bertz CT molecular complexity index is 413. The average molecular weight is 248 g/mol. The Hall–Kier alpha value is -1.38. The highest BCUT2D eigenvalue weighted by Crippen LogP contribution is 2.20. The van der Waals surface area contributed by atoms with Gasteiger partial charge in [-0.05, 0) is 49.3 Å². The van der Waals surface area contributed by atoms with Gasteiger partial charge in [0.2, 0.25) is 0 Å². The van der Waals surface area contributed by atoms with Crippen molar-refractivity contribution in [1.29, 1.82) is 0 Å². The van der Waals surface area contributed by atoms with Crippen molar-refractivity contribution in [3.8, 4) is 0 Å². The molecule has 0 aliphatic heterocycles. The number of nitrogens with zero attached hydrogens (tertiary/aromatic N) is 1. The molecule has 3 heteroatoms. The van der Waals surface area contributed by atoms with Gasteiger partial charge in [0.05, 0.1) is 0 Å². The van der Waals surface area contributed by atoms with Gasteiger partial charge in [-0.15, -0.1) is 0 Å². The number of nitrogens with two attached hydrogens (primary N) is 1. The zero-order valence-electron chi connectivity index (χ0n) is 11.8. The Kier molecular flexibility index (Phi) is 5.83. The maximum absolute atomic E-state index is 11.3. The first kappa shape index (κ1) is 14.7. The first-order chi connectivity index (χ1) is 8.61. The van der Waals surface area contributed by atoms with Gasteiger partial charge in [0.1, 0.15) is 5.69 Å². The summed E-state index contributed by atoms with van der Waals surface area (Å²) in [7, 11) is 0. The van der Waals surface area contributed by atoms with Crippen molar-refractivity contribution in [2.75, 3.05) is 0 Å². The molecule has 0 spiro atoms. The second-order valence-electron chi connectivity index (χ2n) is 4.81. The average Bonchev–Trinajstić information content (AvgIpc) is 2.34. The molecule has 0 unspecified atom stereocenters. The number of aromatic nitrogens is 1. The number of amides is 1. The number of primary amides is 1. The minimum Gasteiger partial charge on any atom is -0.364 e. The topological polar surface area (TPSA) is 56.0 Å². The van der Waals surface area contributed by atoms with Gasteiger partial charge in [0.25, 0.3) is 5.91 Å². The first-order valence-corrected chi connectivity index (χ1v) is 6.88. The van der Waals surface area contributed by atoms with Gasteiger partial charge in [-0.3, -0.25) is 9.78 Å². The summed E-state index contributed by atoms with van der Waals surface area (Å²) in [5.74, 6) is -0.424. The fraction of sp³-hybridized carbons (Fsp3) is 0.600. The minimum absolute atomic E-state index is 0.424. The Morgan fingerprint density at radius 2 is 1.83 bits per heavy atom. The molecular weight excluding hydrogens is 224 g/mol. The van der Waals surface area contributed by atoms with Crippen LogP contribution >= 0.6 is 0 Å². The van der Waals surface area contributed by atoms with Gasteiger partial charge in [0, 0.05) is 6.20 Å². The van der Waals surface area contributed by atoms with Gasteiger partial charge in [-0.2, -0.15) is 0 Å². The summed E-state index contributed by atoms with van der Waals surface area (Å²) in [5, 5.41) is 0. The summed E-state index contributed by atoms with van der Waals surface area (Å²) in [6.45, 7) is 6.33. The summed E-state index contributed by atoms with van der Waals surface area (Å²) in [5.41, 5.74) is 9.34. The maximum Gasteiger partial charge on any atom is 0.267 e. The number of unbranched alkanes of at least 4 members (excludes halogenated alkanes) is 2. The van der Waals surface area contributed by atoms with Crippen LogP contribution in [0.2, 0.25) is 0 Å². The molecule has 0 aromatic carbocycles. The smallest absolute Gasteiger partial charge is 0.267 e. The highest BCUT2D eigenvalue weighted by molar-refractivity contribution is 5.92. The predicted octanol–water partition coefficient (Wildman–Crippen LogP) is 3.17. The fourth-order valence-electron chi connectivity index (χ4n) is 2.23. The predicted molar refractivity (Wildman–Crippen MR) is 74.7 cm³/mol. The molecule has 1 rings (SSSR count). The van der Waals surface area contributed by atoms with E-state index < -0.39 is 5.91 Å². The normalized spacial score (nSPS) is 10.6. The second-order valence-corrected chi connectivity index (χ2v) is 4.81. The summed E-state index contributed by atoms with van der Waals surface area (Å²) in [6, 6.07) is 0. The van der Waals surface area contributed by atoms with E-state index in [9.17, 15) is 4.79 Å². The molecule has 1 aromatic rings. The monoisotopic (exact) mass is 248 g/mol. The largest absolute Gasteiger partial charge is 0.364 e. The van der Waals surface area contributed by atoms with Gasteiger partial charge in [-0.1, -0.05) is 26.7 Å². The molecule has 1 aromatic heterocycles. The number of rotatable bonds is 7. The lowest BCUT2D eigenvalue weighted by Gasteiger charge is -2.14. The molecule has 0 aliphatic rings. The summed E-state index contributed by atoms with van der Waals surface area (Å²) >= 11 is 0. The highest BCUT2D eigenvalue weighted by atomic mass is 16.1. The Morgan fingerprint density at radius 1 is 1.22 bits per heavy atom. The lowest BCUT2D eigenvalue weighted by atomic mass is 9.94. The Labute approximate surface area is 110 Å². The highest BCUT2D eigenvalue weighted by Gasteiger charge is 2.14. The molecule has 0 aliphatic carbocycles. The zero-order chi connectivity index (χ0) is 13.5. The van der Waals surface area contributed by atoms with E-state index in [2.05, 4.69) is 18.8 Å². The number of carbonyl (C=O) groups is 1. The van der Waals surface area contributed by atoms with Crippen molar-refractivity contribution < 1.29 is 4.79 Å². The van der Waals surface area contributed by atoms with Crippen molar-refractivity contribution in [1.82, 2.24) is 4.98 Å². The zero-order valence-corrected chi connectivity index (χ0v) is 11.8. The molecule has 18 heavy (non-hydrogen) atoms. The minimum atomic E-state index is -0.424. The van der Waals surface area contributed by atoms with Crippen LogP contribution in [0.3, 0.4) is 0 Å². The fourth-order valence-corrected chi connectivity index (χ4v) is 2.23. The van der Waals surface area contributed by atoms with Gasteiger partial charge in [-0.25, -0.2) is 0 Å². The van der Waals surface area contributed by atoms with E-state index in [0.29, 0.717) is 5.69 Å². The molecule has 2 N–H and O–H groups in total. The molecule has 0 fully saturated rings. The van der Waals surface area contributed by atoms with Crippen LogP contribution in [0.5, 0.6) is 0 Å². The molecule has 0 bridgehead atoms. The molecular formula is C15H24N2O. The number of hydrogen-bond acceptors (Lipinski definition) is 2. The Morgan fingerprint density at radius 3 is 2.39 bits per heavy atom. The van der Waals surface area contributed by atoms with E-state index in [0.717, 1.165) is 37.7 Å². The molecule has 0 saturated heterocycles. The van der Waals surface area contributed by atoms with Crippen LogP contribution in [0, 0.1) is 6.92 Å². The van der Waals surface area contributed by atoms with Crippen LogP contribution in [-0.2, 0) is 12.8 Å². The molecule has 100 valence electrons. The van der Waals surface area contributed by atoms with Gasteiger partial charge >= 0.3 is 0 Å². The summed E-state index contributed by atoms with van der Waals surface area (Å²) in [4.78, 5) is 15.6. The second kappa shape index (κ2) is 7.14. The number of pyridine rings is 1. The van der Waals surface area contributed by atoms with Crippen molar-refractivity contribution in [3.63, 3.8) is 0 Å². The first-order valence-electron chi connectivity index (χ1n) is 6.88. The van der Waals surface area contributed by atoms with E-state index in [1.165, 1.54) is 17.5 Å². The quantitative estimate of drug-likeness (QED) is 0.805. The maximum atomic E-state index is 11.3. The summed E-state index contributed by atoms with van der Waals surface area (Å²) in [6.07, 6.45) is 8.53. The van der Waals surface area contributed by atoms with Gasteiger partial charge < -0.3 is 5.73 Å². The van der Waals surface area contributed by atoms with Crippen LogP contribution in [0.25, 0.3) is 0 Å². The van der Waals surface area contributed by atoms with E-state index in [1.54, 1.807) is 0 Å². The SMILES string of the molecule is CCCCc1cnc(C(N)=O)c(C)c1CCCC. The number of aryl methyl sites for hydroxylation is 1. The van der Waals surface area contributed by atoms with Crippen molar-refractivity contribution in [3.05, 3.63) is 28.6 Å². The lowest BCUT2D eigenvalue weighted by Crippen LogP contribution is -2.17. The van der Waals surface area contributed by atoms with Gasteiger partial charge in [0.15, 0.2) is 0 Å². The van der Waals surface area contributed by atoms with E-state index in [1.807, 2.05) is 13.1 Å². The lowest BCUT2D eigenvalue weighted by molar-refractivity contribution is 0.0995. The number of hydrogen-bond donors (Lipinski definition) is 1. The molecule has 0 atom stereocenters. The molecule has 3 nitrogen and oxygen atoms in total. The molecule has 1 heterocycles. The Balaban J connectivity index is 3.09. The van der Waals surface area contributed by atoms with Crippen molar-refractivity contribution >= 4 is 5.91 Å². The van der Waals surface area contributed by atoms with Crippen LogP contribution < -0.4 is 5.73 Å². The summed E-state index contributed by atoms with van der Waals surface area (Å²) < 4.78 is 0. The molecule has 0 saturated carbocycles. The standard InChI is InChI=1S/C15H24N2O/c1-4-6-8-12-10-17-14(15(16)18)11(3)13(12)9-7-5-2/h10H,4-9H2,1-3H3,(H2,16,18). The number of carbonyl (C=O) groups excluding carboxylic acids is 1. The van der Waals surface area contributed by atoms with E-state index >= 15 is 0 Å². The van der Waals surface area contributed by atoms with Crippen LogP contribution in [0.1, 0.15) is 66.7 Å². The van der Waals surface area contributed by atoms with E-state index in [4.69, 9.17) is 5.73 Å². The van der Waals surface area contributed by atoms with Crippen LogP contribution in [0.15, 0.2) is 6.20 Å². The molecule has 0 radical (unpaired) electrons. The van der Waals surface area contributed by atoms with Crippen LogP contribution in [0.4, 0.5) is 0 Å². The van der Waals surface area contributed by atoms with Crippen LogP contribution in [-0.4, -0.2) is 10.9 Å². The third-order valence-corrected chi connectivity index (χ3v) is 3.36. The van der Waals surface area contributed by atoms with E-state index in [-0.39, 0.29) is 0 Å². The third-order valence-electron chi connectivity index (χ3n) is 3.36.